The van der Waals surface area contributed by atoms with Gasteiger partial charge in [-0.25, -0.2) is 4.98 Å². The summed E-state index contributed by atoms with van der Waals surface area (Å²) in [5.41, 5.74) is 1.81. The van der Waals surface area contributed by atoms with Crippen molar-refractivity contribution in [3.8, 4) is 0 Å². The molecule has 1 saturated carbocycles. The first-order valence-corrected chi connectivity index (χ1v) is 9.29. The zero-order valence-electron chi connectivity index (χ0n) is 14.6. The van der Waals surface area contributed by atoms with Gasteiger partial charge in [-0.3, -0.25) is 9.78 Å². The standard InChI is InChI=1S/C18H22ClN3OS/c1-10-9-24-16(21-10)14-15(18(14,3)4)17(23)22(5)11(2)13-7-6-12(19)8-20-13/h6-9,11,14-15H,1-5H3/t11?,14-,15-/m0/s1. The Labute approximate surface area is 151 Å². The summed E-state index contributed by atoms with van der Waals surface area (Å²) in [5.74, 6) is 0.335. The van der Waals surface area contributed by atoms with Gasteiger partial charge in [0.2, 0.25) is 5.91 Å². The lowest BCUT2D eigenvalue weighted by Crippen LogP contribution is -2.32. The quantitative estimate of drug-likeness (QED) is 0.805. The van der Waals surface area contributed by atoms with Crippen LogP contribution >= 0.6 is 22.9 Å². The maximum absolute atomic E-state index is 13.0. The van der Waals surface area contributed by atoms with Gasteiger partial charge in [0.05, 0.1) is 27.7 Å². The predicted octanol–water partition coefficient (Wildman–Crippen LogP) is 4.46. The molecule has 0 bridgehead atoms. The third-order valence-electron chi connectivity index (χ3n) is 5.10. The van der Waals surface area contributed by atoms with Gasteiger partial charge in [-0.05, 0) is 31.4 Å². The number of rotatable bonds is 4. The van der Waals surface area contributed by atoms with Crippen molar-refractivity contribution in [2.75, 3.05) is 7.05 Å². The van der Waals surface area contributed by atoms with E-state index in [4.69, 9.17) is 11.6 Å². The van der Waals surface area contributed by atoms with Gasteiger partial charge in [-0.1, -0.05) is 25.4 Å². The third-order valence-corrected chi connectivity index (χ3v) is 6.37. The number of carbonyl (C=O) groups is 1. The van der Waals surface area contributed by atoms with Gasteiger partial charge >= 0.3 is 0 Å². The van der Waals surface area contributed by atoms with E-state index in [2.05, 4.69) is 29.2 Å². The average Bonchev–Trinajstić information content (AvgIpc) is 2.87. The molecule has 3 atom stereocenters. The molecule has 6 heteroatoms. The zero-order valence-corrected chi connectivity index (χ0v) is 16.1. The molecule has 3 rings (SSSR count). The van der Waals surface area contributed by atoms with Crippen molar-refractivity contribution < 1.29 is 4.79 Å². The number of carbonyl (C=O) groups excluding carboxylic acids is 1. The van der Waals surface area contributed by atoms with Crippen LogP contribution in [0.3, 0.4) is 0 Å². The normalized spacial score (nSPS) is 22.9. The molecule has 128 valence electrons. The van der Waals surface area contributed by atoms with Gasteiger partial charge in [0.1, 0.15) is 0 Å². The molecule has 0 spiro atoms. The molecule has 1 fully saturated rings. The second-order valence-corrected chi connectivity index (χ2v) is 8.46. The summed E-state index contributed by atoms with van der Waals surface area (Å²) < 4.78 is 0. The highest BCUT2D eigenvalue weighted by molar-refractivity contribution is 7.09. The third kappa shape index (κ3) is 2.95. The van der Waals surface area contributed by atoms with Crippen molar-refractivity contribution in [3.63, 3.8) is 0 Å². The first kappa shape index (κ1) is 17.4. The molecule has 1 aliphatic carbocycles. The van der Waals surface area contributed by atoms with Crippen molar-refractivity contribution in [2.45, 2.75) is 39.7 Å². The Bertz CT molecular complexity index is 756. The summed E-state index contributed by atoms with van der Waals surface area (Å²) in [7, 11) is 1.85. The number of thiazole rings is 1. The summed E-state index contributed by atoms with van der Waals surface area (Å²) in [6.07, 6.45) is 1.62. The molecule has 0 aromatic carbocycles. The summed E-state index contributed by atoms with van der Waals surface area (Å²) in [5, 5.41) is 3.72. The highest BCUT2D eigenvalue weighted by atomic mass is 35.5. The number of hydrogen-bond acceptors (Lipinski definition) is 4. The molecular formula is C18H22ClN3OS. The van der Waals surface area contributed by atoms with Gasteiger partial charge in [0.15, 0.2) is 0 Å². The fraction of sp³-hybridized carbons (Fsp3) is 0.500. The number of aromatic nitrogens is 2. The van der Waals surface area contributed by atoms with Crippen LogP contribution in [0.5, 0.6) is 0 Å². The first-order chi connectivity index (χ1) is 11.2. The number of hydrogen-bond donors (Lipinski definition) is 0. The molecule has 4 nitrogen and oxygen atoms in total. The summed E-state index contributed by atoms with van der Waals surface area (Å²) in [6, 6.07) is 3.59. The molecule has 0 radical (unpaired) electrons. The van der Waals surface area contributed by atoms with Gasteiger partial charge < -0.3 is 4.90 Å². The van der Waals surface area contributed by atoms with Crippen molar-refractivity contribution >= 4 is 28.8 Å². The van der Waals surface area contributed by atoms with E-state index in [1.54, 1.807) is 28.5 Å². The summed E-state index contributed by atoms with van der Waals surface area (Å²) in [4.78, 5) is 23.8. The molecule has 1 amide bonds. The van der Waals surface area contributed by atoms with Crippen LogP contribution in [0.25, 0.3) is 0 Å². The molecule has 0 N–H and O–H groups in total. The van der Waals surface area contributed by atoms with E-state index in [0.717, 1.165) is 16.4 Å². The molecule has 24 heavy (non-hydrogen) atoms. The van der Waals surface area contributed by atoms with Crippen molar-refractivity contribution in [2.24, 2.45) is 11.3 Å². The zero-order chi connectivity index (χ0) is 17.6. The minimum atomic E-state index is -0.0927. The van der Waals surface area contributed by atoms with Crippen LogP contribution in [0.4, 0.5) is 0 Å². The lowest BCUT2D eigenvalue weighted by molar-refractivity contribution is -0.134. The lowest BCUT2D eigenvalue weighted by atomic mass is 10.1. The number of halogens is 1. The van der Waals surface area contributed by atoms with Crippen molar-refractivity contribution in [3.05, 3.63) is 45.1 Å². The molecular weight excluding hydrogens is 342 g/mol. The van der Waals surface area contributed by atoms with Gasteiger partial charge in [0.25, 0.3) is 0 Å². The Kier molecular flexibility index (Phi) is 4.43. The van der Waals surface area contributed by atoms with E-state index in [1.807, 2.05) is 27.0 Å². The Balaban J connectivity index is 1.77. The van der Waals surface area contributed by atoms with Crippen LogP contribution in [0.1, 0.15) is 49.1 Å². The SMILES string of the molecule is Cc1csc([C@@H]2[C@@H](C(=O)N(C)C(C)c3ccc(Cl)cn3)C2(C)C)n1. The second-order valence-electron chi connectivity index (χ2n) is 7.13. The van der Waals surface area contributed by atoms with E-state index in [-0.39, 0.29) is 29.2 Å². The number of nitrogens with zero attached hydrogens (tertiary/aromatic N) is 3. The fourth-order valence-electron chi connectivity index (χ4n) is 3.32. The molecule has 1 unspecified atom stereocenters. The minimum Gasteiger partial charge on any atom is -0.337 e. The number of aryl methyl sites for hydroxylation is 1. The van der Waals surface area contributed by atoms with E-state index < -0.39 is 0 Å². The van der Waals surface area contributed by atoms with E-state index in [9.17, 15) is 4.79 Å². The average molecular weight is 364 g/mol. The molecule has 2 aromatic heterocycles. The summed E-state index contributed by atoms with van der Waals surface area (Å²) >= 11 is 7.55. The Morgan fingerprint density at radius 1 is 1.42 bits per heavy atom. The monoisotopic (exact) mass is 363 g/mol. The predicted molar refractivity (Wildman–Crippen MR) is 97.3 cm³/mol. The van der Waals surface area contributed by atoms with Gasteiger partial charge in [-0.15, -0.1) is 11.3 Å². The molecule has 2 heterocycles. The molecule has 2 aromatic rings. The van der Waals surface area contributed by atoms with Crippen LogP contribution in [0.2, 0.25) is 5.02 Å². The Hall–Kier alpha value is -1.46. The van der Waals surface area contributed by atoms with Crippen molar-refractivity contribution in [1.82, 2.24) is 14.9 Å². The summed E-state index contributed by atoms with van der Waals surface area (Å²) in [6.45, 7) is 8.28. The maximum atomic E-state index is 13.0. The topological polar surface area (TPSA) is 46.1 Å². The highest BCUT2D eigenvalue weighted by Gasteiger charge is 2.64. The largest absolute Gasteiger partial charge is 0.337 e. The van der Waals surface area contributed by atoms with Crippen LogP contribution in [0, 0.1) is 18.3 Å². The minimum absolute atomic E-state index is 0.0252. The smallest absolute Gasteiger partial charge is 0.227 e. The maximum Gasteiger partial charge on any atom is 0.227 e. The van der Waals surface area contributed by atoms with Gasteiger partial charge in [-0.2, -0.15) is 0 Å². The lowest BCUT2D eigenvalue weighted by Gasteiger charge is -2.25. The fourth-order valence-corrected chi connectivity index (χ4v) is 4.56. The molecule has 1 aliphatic rings. The Morgan fingerprint density at radius 3 is 2.67 bits per heavy atom. The van der Waals surface area contributed by atoms with Crippen molar-refractivity contribution in [1.29, 1.82) is 0 Å². The van der Waals surface area contributed by atoms with Crippen LogP contribution < -0.4 is 0 Å². The van der Waals surface area contributed by atoms with E-state index in [1.165, 1.54) is 0 Å². The highest BCUT2D eigenvalue weighted by Crippen LogP contribution is 2.65. The number of pyridine rings is 1. The van der Waals surface area contributed by atoms with Crippen LogP contribution in [0.15, 0.2) is 23.7 Å². The number of amides is 1. The van der Waals surface area contributed by atoms with Crippen LogP contribution in [-0.2, 0) is 4.79 Å². The van der Waals surface area contributed by atoms with Gasteiger partial charge in [0, 0.05) is 30.2 Å². The first-order valence-electron chi connectivity index (χ1n) is 8.03. The Morgan fingerprint density at radius 2 is 2.12 bits per heavy atom. The second kappa shape index (κ2) is 6.12. The molecule has 0 saturated heterocycles. The molecule has 0 aliphatic heterocycles. The van der Waals surface area contributed by atoms with E-state index >= 15 is 0 Å². The van der Waals surface area contributed by atoms with Crippen LogP contribution in [-0.4, -0.2) is 27.8 Å². The van der Waals surface area contributed by atoms with E-state index in [0.29, 0.717) is 5.02 Å².